The van der Waals surface area contributed by atoms with E-state index in [1.165, 1.54) is 6.92 Å². The molecule has 0 spiro atoms. The van der Waals surface area contributed by atoms with Crippen molar-refractivity contribution in [3.05, 3.63) is 23.4 Å². The lowest BCUT2D eigenvalue weighted by Crippen LogP contribution is -2.35. The molecule has 0 amide bonds. The summed E-state index contributed by atoms with van der Waals surface area (Å²) >= 11 is 0. The van der Waals surface area contributed by atoms with Crippen LogP contribution < -0.4 is 4.74 Å². The van der Waals surface area contributed by atoms with E-state index >= 15 is 0 Å². The van der Waals surface area contributed by atoms with Gasteiger partial charge >= 0.3 is 6.18 Å². The number of sulfonamides is 1. The van der Waals surface area contributed by atoms with E-state index in [1.54, 1.807) is 0 Å². The van der Waals surface area contributed by atoms with Crippen LogP contribution in [0, 0.1) is 0 Å². The van der Waals surface area contributed by atoms with Gasteiger partial charge in [0.25, 0.3) is 0 Å². The SMILES string of the molecule is COc1nc(C(F)(F)F)ccc1CN(CC(C)O)S(C)(=O)=O. The van der Waals surface area contributed by atoms with Crippen molar-refractivity contribution < 1.29 is 31.4 Å². The van der Waals surface area contributed by atoms with Gasteiger partial charge in [-0.05, 0) is 13.0 Å². The fourth-order valence-electron chi connectivity index (χ4n) is 1.73. The average Bonchev–Trinajstić information content (AvgIpc) is 2.35. The number of hydrogen-bond donors (Lipinski definition) is 1. The van der Waals surface area contributed by atoms with Crippen LogP contribution in [0.3, 0.4) is 0 Å². The van der Waals surface area contributed by atoms with Gasteiger partial charge in [-0.1, -0.05) is 6.07 Å². The molecule has 0 saturated heterocycles. The number of methoxy groups -OCH3 is 1. The fourth-order valence-corrected chi connectivity index (χ4v) is 2.59. The van der Waals surface area contributed by atoms with Crippen LogP contribution in [0.25, 0.3) is 0 Å². The molecule has 1 atom stereocenters. The molecule has 22 heavy (non-hydrogen) atoms. The van der Waals surface area contributed by atoms with Crippen LogP contribution in [-0.2, 0) is 22.7 Å². The van der Waals surface area contributed by atoms with Gasteiger partial charge in [0.1, 0.15) is 5.69 Å². The Morgan fingerprint density at radius 3 is 2.41 bits per heavy atom. The Bertz CT molecular complexity index is 617. The molecule has 0 bridgehead atoms. The highest BCUT2D eigenvalue weighted by molar-refractivity contribution is 7.88. The minimum atomic E-state index is -4.62. The summed E-state index contributed by atoms with van der Waals surface area (Å²) in [6.45, 7) is 0.960. The molecule has 1 aromatic rings. The van der Waals surface area contributed by atoms with Gasteiger partial charge < -0.3 is 9.84 Å². The Morgan fingerprint density at radius 2 is 2.00 bits per heavy atom. The Labute approximate surface area is 126 Å². The van der Waals surface area contributed by atoms with E-state index in [0.717, 1.165) is 29.8 Å². The molecule has 1 N–H and O–H groups in total. The van der Waals surface area contributed by atoms with Gasteiger partial charge in [0.15, 0.2) is 0 Å². The van der Waals surface area contributed by atoms with Crippen LogP contribution in [0.1, 0.15) is 18.2 Å². The maximum atomic E-state index is 12.6. The third-order valence-corrected chi connectivity index (χ3v) is 3.92. The fraction of sp³-hybridized carbons (Fsp3) is 0.583. The molecule has 0 aromatic carbocycles. The molecule has 1 rings (SSSR count). The van der Waals surface area contributed by atoms with Crippen LogP contribution in [0.2, 0.25) is 0 Å². The molecular weight excluding hydrogens is 325 g/mol. The summed E-state index contributed by atoms with van der Waals surface area (Å²) in [7, 11) is -2.51. The first kappa shape index (κ1) is 18.7. The zero-order valence-corrected chi connectivity index (χ0v) is 13.1. The second-order valence-corrected chi connectivity index (χ2v) is 6.75. The van der Waals surface area contributed by atoms with Gasteiger partial charge in [0.2, 0.25) is 15.9 Å². The summed E-state index contributed by atoms with van der Waals surface area (Å²) in [6.07, 6.45) is -4.61. The lowest BCUT2D eigenvalue weighted by molar-refractivity contribution is -0.141. The van der Waals surface area contributed by atoms with Gasteiger partial charge in [0.05, 0.1) is 19.5 Å². The van der Waals surface area contributed by atoms with Crippen LogP contribution >= 0.6 is 0 Å². The highest BCUT2D eigenvalue weighted by Gasteiger charge is 2.33. The van der Waals surface area contributed by atoms with Gasteiger partial charge in [-0.15, -0.1) is 0 Å². The van der Waals surface area contributed by atoms with Crippen LogP contribution in [0.15, 0.2) is 12.1 Å². The molecule has 126 valence electrons. The van der Waals surface area contributed by atoms with Crippen molar-refractivity contribution in [2.24, 2.45) is 0 Å². The van der Waals surface area contributed by atoms with Gasteiger partial charge in [-0.3, -0.25) is 0 Å². The Morgan fingerprint density at radius 1 is 1.41 bits per heavy atom. The van der Waals surface area contributed by atoms with Crippen molar-refractivity contribution in [1.82, 2.24) is 9.29 Å². The zero-order valence-electron chi connectivity index (χ0n) is 12.3. The third-order valence-electron chi connectivity index (χ3n) is 2.71. The quantitative estimate of drug-likeness (QED) is 0.842. The number of halogens is 3. The number of rotatable bonds is 6. The van der Waals surface area contributed by atoms with E-state index in [0.29, 0.717) is 0 Å². The smallest absolute Gasteiger partial charge is 0.433 e. The number of hydrogen-bond acceptors (Lipinski definition) is 5. The number of nitrogens with zero attached hydrogens (tertiary/aromatic N) is 2. The van der Waals surface area contributed by atoms with E-state index in [1.807, 2.05) is 0 Å². The number of pyridine rings is 1. The molecule has 6 nitrogen and oxygen atoms in total. The molecule has 0 fully saturated rings. The van der Waals surface area contributed by atoms with Crippen molar-refractivity contribution >= 4 is 10.0 Å². The van der Waals surface area contributed by atoms with Crippen molar-refractivity contribution in [2.75, 3.05) is 19.9 Å². The Kier molecular flexibility index (Phi) is 5.76. The van der Waals surface area contributed by atoms with Crippen LogP contribution in [-0.4, -0.2) is 48.8 Å². The van der Waals surface area contributed by atoms with E-state index in [-0.39, 0.29) is 24.5 Å². The summed E-state index contributed by atoms with van der Waals surface area (Å²) in [5, 5.41) is 9.34. The van der Waals surface area contributed by atoms with E-state index < -0.39 is 28.0 Å². The van der Waals surface area contributed by atoms with Crippen molar-refractivity contribution in [2.45, 2.75) is 25.7 Å². The third kappa shape index (κ3) is 5.11. The standard InChI is InChI=1S/C12H17F3N2O4S/c1-8(18)6-17(22(3,19)20)7-9-4-5-10(12(13,14)15)16-11(9)21-2/h4-5,8,18H,6-7H2,1-3H3. The molecule has 0 aliphatic rings. The molecule has 0 radical (unpaired) electrons. The molecule has 1 heterocycles. The van der Waals surface area contributed by atoms with Crippen molar-refractivity contribution in [1.29, 1.82) is 0 Å². The summed E-state index contributed by atoms with van der Waals surface area (Å²) in [4.78, 5) is 3.35. The summed E-state index contributed by atoms with van der Waals surface area (Å²) in [5.74, 6) is -0.311. The first-order valence-corrected chi connectivity index (χ1v) is 8.04. The lowest BCUT2D eigenvalue weighted by atomic mass is 10.2. The molecule has 10 heteroatoms. The minimum Gasteiger partial charge on any atom is -0.481 e. The summed E-state index contributed by atoms with van der Waals surface area (Å²) in [5.41, 5.74) is -0.962. The maximum Gasteiger partial charge on any atom is 0.433 e. The Balaban J connectivity index is 3.15. The highest BCUT2D eigenvalue weighted by Crippen LogP contribution is 2.30. The zero-order chi connectivity index (χ0) is 17.1. The molecular formula is C12H17F3N2O4S. The second-order valence-electron chi connectivity index (χ2n) is 4.77. The van der Waals surface area contributed by atoms with Crippen LogP contribution in [0.5, 0.6) is 5.88 Å². The van der Waals surface area contributed by atoms with Gasteiger partial charge in [0, 0.05) is 18.7 Å². The number of aliphatic hydroxyl groups excluding tert-OH is 1. The molecule has 1 aromatic heterocycles. The predicted octanol–water partition coefficient (Wildman–Crippen LogP) is 1.25. The monoisotopic (exact) mass is 342 g/mol. The normalized spacial score (nSPS) is 14.2. The lowest BCUT2D eigenvalue weighted by Gasteiger charge is -2.22. The van der Waals surface area contributed by atoms with Gasteiger partial charge in [-0.2, -0.15) is 17.5 Å². The first-order chi connectivity index (χ1) is 9.95. The number of ether oxygens (including phenoxy) is 1. The van der Waals surface area contributed by atoms with Crippen molar-refractivity contribution in [3.63, 3.8) is 0 Å². The molecule has 0 aliphatic carbocycles. The Hall–Kier alpha value is -1.39. The van der Waals surface area contributed by atoms with E-state index in [4.69, 9.17) is 4.74 Å². The number of aliphatic hydroxyl groups is 1. The number of aromatic nitrogens is 1. The molecule has 0 aliphatic heterocycles. The van der Waals surface area contributed by atoms with Gasteiger partial charge in [-0.25, -0.2) is 13.4 Å². The topological polar surface area (TPSA) is 79.7 Å². The summed E-state index contributed by atoms with van der Waals surface area (Å²) in [6, 6.07) is 1.86. The van der Waals surface area contributed by atoms with E-state index in [9.17, 15) is 26.7 Å². The van der Waals surface area contributed by atoms with Crippen molar-refractivity contribution in [3.8, 4) is 5.88 Å². The number of alkyl halides is 3. The second kappa shape index (κ2) is 6.80. The first-order valence-electron chi connectivity index (χ1n) is 6.19. The molecule has 0 saturated carbocycles. The van der Waals surface area contributed by atoms with E-state index in [2.05, 4.69) is 4.98 Å². The maximum absolute atomic E-state index is 12.6. The predicted molar refractivity (Wildman–Crippen MR) is 72.7 cm³/mol. The average molecular weight is 342 g/mol. The highest BCUT2D eigenvalue weighted by atomic mass is 32.2. The largest absolute Gasteiger partial charge is 0.481 e. The molecule has 1 unspecified atom stereocenters. The van der Waals surface area contributed by atoms with Crippen LogP contribution in [0.4, 0.5) is 13.2 Å². The summed E-state index contributed by atoms with van der Waals surface area (Å²) < 4.78 is 66.9. The minimum absolute atomic E-state index is 0.168.